The molecule has 1 aliphatic carbocycles. The number of benzene rings is 1. The minimum Gasteiger partial charge on any atom is -0.481 e. The molecule has 1 saturated heterocycles. The molecule has 1 heterocycles. The second-order valence-corrected chi connectivity index (χ2v) is 6.34. The van der Waals surface area contributed by atoms with Gasteiger partial charge in [0.15, 0.2) is 0 Å². The first-order chi connectivity index (χ1) is 11.0. The molecule has 4 unspecified atom stereocenters. The van der Waals surface area contributed by atoms with E-state index in [-0.39, 0.29) is 42.1 Å². The molecule has 4 atom stereocenters. The van der Waals surface area contributed by atoms with Crippen molar-refractivity contribution < 1.29 is 23.8 Å². The zero-order chi connectivity index (χ0) is 16.6. The molecule has 1 saturated carbocycles. The van der Waals surface area contributed by atoms with Crippen molar-refractivity contribution in [2.45, 2.75) is 37.3 Å². The molecule has 5 nitrogen and oxygen atoms in total. The van der Waals surface area contributed by atoms with Gasteiger partial charge in [-0.05, 0) is 36.5 Å². The number of hydrogen-bond acceptors (Lipinski definition) is 3. The van der Waals surface area contributed by atoms with Gasteiger partial charge < -0.3 is 14.7 Å². The van der Waals surface area contributed by atoms with Gasteiger partial charge in [0.25, 0.3) is 0 Å². The molecular weight excluding hydrogens is 301 g/mol. The summed E-state index contributed by atoms with van der Waals surface area (Å²) in [6, 6.07) is 5.92. The Kier molecular flexibility index (Phi) is 4.35. The fraction of sp³-hybridized carbons (Fsp3) is 0.529. The van der Waals surface area contributed by atoms with Crippen molar-refractivity contribution in [2.24, 2.45) is 5.92 Å². The number of aliphatic carboxylic acids is 1. The van der Waals surface area contributed by atoms with Gasteiger partial charge in [0, 0.05) is 25.6 Å². The average molecular weight is 321 g/mol. The summed E-state index contributed by atoms with van der Waals surface area (Å²) in [6.07, 6.45) is 1.13. The van der Waals surface area contributed by atoms with Crippen LogP contribution in [0.2, 0.25) is 0 Å². The molecule has 1 aromatic carbocycles. The molecular formula is C17H20FNO4. The lowest BCUT2D eigenvalue weighted by Crippen LogP contribution is -2.38. The molecule has 0 radical (unpaired) electrons. The van der Waals surface area contributed by atoms with Crippen molar-refractivity contribution in [1.29, 1.82) is 0 Å². The zero-order valence-electron chi connectivity index (χ0n) is 12.9. The van der Waals surface area contributed by atoms with Crippen molar-refractivity contribution in [3.05, 3.63) is 35.6 Å². The summed E-state index contributed by atoms with van der Waals surface area (Å²) in [5, 5.41) is 9.03. The number of nitrogens with zero attached hydrogens (tertiary/aromatic N) is 1. The summed E-state index contributed by atoms with van der Waals surface area (Å²) in [5.74, 6) is -1.23. The minimum atomic E-state index is -0.907. The van der Waals surface area contributed by atoms with Crippen LogP contribution >= 0.6 is 0 Å². The molecule has 6 heteroatoms. The first-order valence-electron chi connectivity index (χ1n) is 7.80. The van der Waals surface area contributed by atoms with Gasteiger partial charge in [0.05, 0.1) is 12.5 Å². The maximum atomic E-state index is 13.0. The number of rotatable bonds is 5. The van der Waals surface area contributed by atoms with Gasteiger partial charge in [0.1, 0.15) is 5.82 Å². The lowest BCUT2D eigenvalue weighted by Gasteiger charge is -2.23. The molecule has 1 aromatic rings. The molecule has 1 aliphatic heterocycles. The Bertz CT molecular complexity index is 603. The van der Waals surface area contributed by atoms with Crippen LogP contribution in [0, 0.1) is 11.7 Å². The predicted octanol–water partition coefficient (Wildman–Crippen LogP) is 2.02. The molecule has 124 valence electrons. The lowest BCUT2D eigenvalue weighted by molar-refractivity contribution is -0.140. The van der Waals surface area contributed by atoms with E-state index in [1.165, 1.54) is 12.1 Å². The molecule has 1 N–H and O–H groups in total. The smallest absolute Gasteiger partial charge is 0.305 e. The molecule has 1 amide bonds. The van der Waals surface area contributed by atoms with Crippen molar-refractivity contribution in [2.75, 3.05) is 13.7 Å². The number of carbonyl (C=O) groups is 2. The topological polar surface area (TPSA) is 66.8 Å². The highest BCUT2D eigenvalue weighted by Gasteiger charge is 2.49. The van der Waals surface area contributed by atoms with Crippen LogP contribution in [0.1, 0.15) is 30.7 Å². The predicted molar refractivity (Wildman–Crippen MR) is 80.4 cm³/mol. The van der Waals surface area contributed by atoms with Crippen molar-refractivity contribution in [3.8, 4) is 0 Å². The van der Waals surface area contributed by atoms with E-state index in [9.17, 15) is 14.0 Å². The average Bonchev–Trinajstić information content (AvgIpc) is 3.21. The standard InChI is InChI=1S/C17H20FNO4/c1-23-13-6-12(7-16(20)21)19(9-13)17(22)15-8-14(15)10-2-4-11(18)5-3-10/h2-5,12-15H,6-9H2,1H3,(H,20,21). The fourth-order valence-electron chi connectivity index (χ4n) is 3.47. The van der Waals surface area contributed by atoms with Crippen LogP contribution in [0.4, 0.5) is 4.39 Å². The Morgan fingerprint density at radius 2 is 2.00 bits per heavy atom. The van der Waals surface area contributed by atoms with Gasteiger partial charge in [-0.1, -0.05) is 12.1 Å². The normalized spacial score (nSPS) is 29.6. The van der Waals surface area contributed by atoms with E-state index < -0.39 is 5.97 Å². The van der Waals surface area contributed by atoms with Crippen LogP contribution in [0.15, 0.2) is 24.3 Å². The summed E-state index contributed by atoms with van der Waals surface area (Å²) in [4.78, 5) is 25.4. The molecule has 0 spiro atoms. The third-order valence-corrected chi connectivity index (χ3v) is 4.81. The Balaban J connectivity index is 1.67. The summed E-state index contributed by atoms with van der Waals surface area (Å²) < 4.78 is 18.3. The second-order valence-electron chi connectivity index (χ2n) is 6.34. The number of carboxylic acids is 1. The van der Waals surface area contributed by atoms with E-state index in [0.717, 1.165) is 12.0 Å². The van der Waals surface area contributed by atoms with Crippen LogP contribution in [0.3, 0.4) is 0 Å². The Morgan fingerprint density at radius 3 is 2.61 bits per heavy atom. The van der Waals surface area contributed by atoms with Crippen molar-refractivity contribution >= 4 is 11.9 Å². The van der Waals surface area contributed by atoms with E-state index in [4.69, 9.17) is 9.84 Å². The number of halogens is 1. The maximum absolute atomic E-state index is 13.0. The SMILES string of the molecule is COC1CC(CC(=O)O)N(C(=O)C2CC2c2ccc(F)cc2)C1. The summed E-state index contributed by atoms with van der Waals surface area (Å²) in [5.41, 5.74) is 0.960. The molecule has 0 aromatic heterocycles. The van der Waals surface area contributed by atoms with Gasteiger partial charge in [-0.15, -0.1) is 0 Å². The lowest BCUT2D eigenvalue weighted by atomic mass is 10.1. The van der Waals surface area contributed by atoms with E-state index in [0.29, 0.717) is 13.0 Å². The van der Waals surface area contributed by atoms with Gasteiger partial charge in [-0.3, -0.25) is 9.59 Å². The molecule has 3 rings (SSSR count). The number of carboxylic acid groups (broad SMARTS) is 1. The summed E-state index contributed by atoms with van der Waals surface area (Å²) in [7, 11) is 1.58. The number of ether oxygens (including phenoxy) is 1. The van der Waals surface area contributed by atoms with Crippen LogP contribution in [-0.4, -0.2) is 47.7 Å². The Morgan fingerprint density at radius 1 is 1.30 bits per heavy atom. The van der Waals surface area contributed by atoms with Gasteiger partial charge >= 0.3 is 5.97 Å². The largest absolute Gasteiger partial charge is 0.481 e. The molecule has 2 aliphatic rings. The number of carbonyl (C=O) groups excluding carboxylic acids is 1. The monoisotopic (exact) mass is 321 g/mol. The zero-order valence-corrected chi connectivity index (χ0v) is 12.9. The van der Waals surface area contributed by atoms with Crippen LogP contribution in [-0.2, 0) is 14.3 Å². The number of likely N-dealkylation sites (tertiary alicyclic amines) is 1. The summed E-state index contributed by atoms with van der Waals surface area (Å²) >= 11 is 0. The molecule has 23 heavy (non-hydrogen) atoms. The highest BCUT2D eigenvalue weighted by Crippen LogP contribution is 2.49. The Hall–Kier alpha value is -1.95. The van der Waals surface area contributed by atoms with Crippen molar-refractivity contribution in [1.82, 2.24) is 4.90 Å². The maximum Gasteiger partial charge on any atom is 0.305 e. The van der Waals surface area contributed by atoms with E-state index in [1.54, 1.807) is 24.1 Å². The first-order valence-corrected chi connectivity index (χ1v) is 7.80. The van der Waals surface area contributed by atoms with Crippen molar-refractivity contribution in [3.63, 3.8) is 0 Å². The van der Waals surface area contributed by atoms with Gasteiger partial charge in [-0.2, -0.15) is 0 Å². The summed E-state index contributed by atoms with van der Waals surface area (Å²) in [6.45, 7) is 0.444. The number of methoxy groups -OCH3 is 1. The van der Waals surface area contributed by atoms with E-state index in [2.05, 4.69) is 0 Å². The second kappa shape index (κ2) is 6.28. The number of amides is 1. The van der Waals surface area contributed by atoms with E-state index in [1.807, 2.05) is 0 Å². The van der Waals surface area contributed by atoms with E-state index >= 15 is 0 Å². The van der Waals surface area contributed by atoms with Crippen LogP contribution < -0.4 is 0 Å². The van der Waals surface area contributed by atoms with Crippen LogP contribution in [0.5, 0.6) is 0 Å². The van der Waals surface area contributed by atoms with Gasteiger partial charge in [-0.25, -0.2) is 4.39 Å². The Labute approximate surface area is 134 Å². The third-order valence-electron chi connectivity index (χ3n) is 4.81. The first kappa shape index (κ1) is 15.9. The van der Waals surface area contributed by atoms with Crippen LogP contribution in [0.25, 0.3) is 0 Å². The highest BCUT2D eigenvalue weighted by atomic mass is 19.1. The minimum absolute atomic E-state index is 0.00914. The highest BCUT2D eigenvalue weighted by molar-refractivity contribution is 5.84. The number of hydrogen-bond donors (Lipinski definition) is 1. The molecule has 2 fully saturated rings. The van der Waals surface area contributed by atoms with Gasteiger partial charge in [0.2, 0.25) is 5.91 Å². The quantitative estimate of drug-likeness (QED) is 0.901. The molecule has 0 bridgehead atoms. The third kappa shape index (κ3) is 3.37. The fourth-order valence-corrected chi connectivity index (χ4v) is 3.47.